The molecule has 1 aromatic heterocycles. The summed E-state index contributed by atoms with van der Waals surface area (Å²) in [5.41, 5.74) is 1.21. The molecule has 8 heteroatoms. The highest BCUT2D eigenvalue weighted by molar-refractivity contribution is 14.0. The normalized spacial score (nSPS) is 14.9. The van der Waals surface area contributed by atoms with Crippen LogP contribution in [0.1, 0.15) is 32.3 Å². The van der Waals surface area contributed by atoms with E-state index < -0.39 is 0 Å². The second kappa shape index (κ2) is 14.6. The van der Waals surface area contributed by atoms with E-state index in [0.29, 0.717) is 6.04 Å². The lowest BCUT2D eigenvalue weighted by Crippen LogP contribution is -2.48. The van der Waals surface area contributed by atoms with Crippen molar-refractivity contribution in [1.29, 1.82) is 0 Å². The van der Waals surface area contributed by atoms with E-state index >= 15 is 0 Å². The predicted molar refractivity (Wildman–Crippen MR) is 148 cm³/mol. The van der Waals surface area contributed by atoms with Crippen molar-refractivity contribution in [3.05, 3.63) is 47.3 Å². The molecule has 178 valence electrons. The molecule has 3 rings (SSSR count). The van der Waals surface area contributed by atoms with Crippen LogP contribution in [0.15, 0.2) is 46.8 Å². The van der Waals surface area contributed by atoms with Crippen LogP contribution >= 0.6 is 35.3 Å². The van der Waals surface area contributed by atoms with Crippen LogP contribution in [0.5, 0.6) is 5.75 Å². The van der Waals surface area contributed by atoms with Crippen LogP contribution in [0.2, 0.25) is 0 Å². The summed E-state index contributed by atoms with van der Waals surface area (Å²) in [4.78, 5) is 9.25. The molecule has 1 fully saturated rings. The molecule has 2 N–H and O–H groups in total. The Labute approximate surface area is 214 Å². The van der Waals surface area contributed by atoms with E-state index in [9.17, 15) is 0 Å². The monoisotopic (exact) mass is 571 g/mol. The van der Waals surface area contributed by atoms with Crippen molar-refractivity contribution in [2.75, 3.05) is 51.3 Å². The molecule has 2 aromatic rings. The Morgan fingerprint density at radius 3 is 2.47 bits per heavy atom. The SMILES string of the molecule is CCN(CC)CCOc1ccc(CNC(=NC)NC2CCN(c3cccs3)CC2)cc1.I. The maximum atomic E-state index is 5.88. The van der Waals surface area contributed by atoms with E-state index in [2.05, 4.69) is 81.1 Å². The minimum absolute atomic E-state index is 0. The molecular formula is C24H38IN5OS. The third kappa shape index (κ3) is 8.44. The van der Waals surface area contributed by atoms with Gasteiger partial charge in [0, 0.05) is 39.3 Å². The molecule has 6 nitrogen and oxygen atoms in total. The minimum atomic E-state index is 0. The molecule has 0 aliphatic carbocycles. The van der Waals surface area contributed by atoms with Gasteiger partial charge in [0.15, 0.2) is 5.96 Å². The van der Waals surface area contributed by atoms with Crippen LogP contribution in [0.4, 0.5) is 5.00 Å². The smallest absolute Gasteiger partial charge is 0.191 e. The fourth-order valence-electron chi connectivity index (χ4n) is 3.80. The quantitative estimate of drug-likeness (QED) is 0.251. The van der Waals surface area contributed by atoms with Gasteiger partial charge in [0.1, 0.15) is 12.4 Å². The molecule has 0 unspecified atom stereocenters. The summed E-state index contributed by atoms with van der Waals surface area (Å²) in [6, 6.07) is 13.1. The molecule has 0 radical (unpaired) electrons. The average Bonchev–Trinajstić information content (AvgIpc) is 3.36. The van der Waals surface area contributed by atoms with E-state index in [1.54, 1.807) is 0 Å². The number of hydrogen-bond acceptors (Lipinski definition) is 5. The summed E-state index contributed by atoms with van der Waals surface area (Å²) in [5, 5.41) is 10.6. The summed E-state index contributed by atoms with van der Waals surface area (Å²) in [7, 11) is 1.84. The number of anilines is 1. The third-order valence-electron chi connectivity index (χ3n) is 5.83. The number of halogens is 1. The van der Waals surface area contributed by atoms with Gasteiger partial charge in [0.05, 0.1) is 5.00 Å². The number of rotatable bonds is 10. The van der Waals surface area contributed by atoms with Crippen LogP contribution in [0, 0.1) is 0 Å². The Morgan fingerprint density at radius 2 is 1.88 bits per heavy atom. The third-order valence-corrected chi connectivity index (χ3v) is 6.76. The second-order valence-corrected chi connectivity index (χ2v) is 8.73. The summed E-state index contributed by atoms with van der Waals surface area (Å²) in [5.74, 6) is 1.80. The molecule has 0 atom stereocenters. The van der Waals surface area contributed by atoms with Gasteiger partial charge >= 0.3 is 0 Å². The largest absolute Gasteiger partial charge is 0.492 e. The number of aliphatic imine (C=N–C) groups is 1. The van der Waals surface area contributed by atoms with Gasteiger partial charge in [-0.1, -0.05) is 26.0 Å². The molecule has 0 saturated carbocycles. The predicted octanol–water partition coefficient (Wildman–Crippen LogP) is 4.42. The molecule has 1 aromatic carbocycles. The Bertz CT molecular complexity index is 772. The Balaban J connectivity index is 0.00000363. The van der Waals surface area contributed by atoms with Gasteiger partial charge in [0.2, 0.25) is 0 Å². The van der Waals surface area contributed by atoms with Gasteiger partial charge in [-0.15, -0.1) is 35.3 Å². The topological polar surface area (TPSA) is 52.1 Å². The van der Waals surface area contributed by atoms with Crippen LogP contribution in [0.25, 0.3) is 0 Å². The second-order valence-electron chi connectivity index (χ2n) is 7.80. The Morgan fingerprint density at radius 1 is 1.16 bits per heavy atom. The van der Waals surface area contributed by atoms with Gasteiger partial charge in [0.25, 0.3) is 0 Å². The lowest BCUT2D eigenvalue weighted by atomic mass is 10.1. The molecule has 0 spiro atoms. The summed E-state index contributed by atoms with van der Waals surface area (Å²) in [6.07, 6.45) is 2.25. The number of ether oxygens (including phenoxy) is 1. The number of nitrogens with one attached hydrogen (secondary N) is 2. The molecule has 0 bridgehead atoms. The number of nitrogens with zero attached hydrogens (tertiary/aromatic N) is 3. The Kier molecular flexibility index (Phi) is 12.2. The zero-order chi connectivity index (χ0) is 21.9. The van der Waals surface area contributed by atoms with Crippen molar-refractivity contribution in [3.8, 4) is 5.75 Å². The first-order valence-corrected chi connectivity index (χ1v) is 12.3. The van der Waals surface area contributed by atoms with Crippen molar-refractivity contribution in [2.45, 2.75) is 39.3 Å². The first-order valence-electron chi connectivity index (χ1n) is 11.4. The summed E-state index contributed by atoms with van der Waals surface area (Å²) >= 11 is 1.82. The van der Waals surface area contributed by atoms with E-state index in [1.807, 2.05) is 18.4 Å². The van der Waals surface area contributed by atoms with Gasteiger partial charge in [-0.25, -0.2) is 0 Å². The number of piperidine rings is 1. The summed E-state index contributed by atoms with van der Waals surface area (Å²) in [6.45, 7) is 11.1. The van der Waals surface area contributed by atoms with E-state index in [0.717, 1.165) is 70.4 Å². The number of likely N-dealkylation sites (N-methyl/N-ethyl adjacent to an activating group) is 1. The van der Waals surface area contributed by atoms with E-state index in [1.165, 1.54) is 10.6 Å². The molecule has 32 heavy (non-hydrogen) atoms. The fourth-order valence-corrected chi connectivity index (χ4v) is 4.59. The maximum Gasteiger partial charge on any atom is 0.191 e. The number of benzene rings is 1. The van der Waals surface area contributed by atoms with Crippen molar-refractivity contribution in [1.82, 2.24) is 15.5 Å². The van der Waals surface area contributed by atoms with Crippen LogP contribution in [-0.4, -0.2) is 63.3 Å². The van der Waals surface area contributed by atoms with E-state index in [-0.39, 0.29) is 24.0 Å². The van der Waals surface area contributed by atoms with Gasteiger partial charge in [-0.3, -0.25) is 4.99 Å². The van der Waals surface area contributed by atoms with Gasteiger partial charge in [-0.2, -0.15) is 0 Å². The number of guanidine groups is 1. The highest BCUT2D eigenvalue weighted by Crippen LogP contribution is 2.24. The minimum Gasteiger partial charge on any atom is -0.492 e. The molecular weight excluding hydrogens is 533 g/mol. The zero-order valence-corrected chi connectivity index (χ0v) is 22.7. The molecule has 0 amide bonds. The number of hydrogen-bond donors (Lipinski definition) is 2. The lowest BCUT2D eigenvalue weighted by molar-refractivity contribution is 0.223. The first-order chi connectivity index (χ1) is 15.2. The number of thiophene rings is 1. The average molecular weight is 572 g/mol. The molecule has 1 aliphatic rings. The highest BCUT2D eigenvalue weighted by Gasteiger charge is 2.20. The lowest BCUT2D eigenvalue weighted by Gasteiger charge is -2.33. The highest BCUT2D eigenvalue weighted by atomic mass is 127. The van der Waals surface area contributed by atoms with Crippen LogP contribution in [-0.2, 0) is 6.54 Å². The zero-order valence-electron chi connectivity index (χ0n) is 19.5. The van der Waals surface area contributed by atoms with Crippen LogP contribution < -0.4 is 20.3 Å². The van der Waals surface area contributed by atoms with Crippen molar-refractivity contribution in [3.63, 3.8) is 0 Å². The fraction of sp³-hybridized carbons (Fsp3) is 0.542. The summed E-state index contributed by atoms with van der Waals surface area (Å²) < 4.78 is 5.88. The van der Waals surface area contributed by atoms with Gasteiger partial charge < -0.3 is 25.2 Å². The van der Waals surface area contributed by atoms with Crippen molar-refractivity contribution in [2.24, 2.45) is 4.99 Å². The maximum absolute atomic E-state index is 5.88. The molecule has 1 saturated heterocycles. The van der Waals surface area contributed by atoms with Gasteiger partial charge in [-0.05, 0) is 61.1 Å². The standard InChI is InChI=1S/C24H37N5OS.HI/c1-4-28(5-2)16-17-30-22-10-8-20(9-11-22)19-26-24(25-3)27-21-12-14-29(15-13-21)23-7-6-18-31-23;/h6-11,18,21H,4-5,12-17,19H2,1-3H3,(H2,25,26,27);1H. The van der Waals surface area contributed by atoms with Crippen LogP contribution in [0.3, 0.4) is 0 Å². The molecule has 2 heterocycles. The first kappa shape index (κ1) is 26.7. The molecule has 1 aliphatic heterocycles. The van der Waals surface area contributed by atoms with Crippen molar-refractivity contribution >= 4 is 46.3 Å². The van der Waals surface area contributed by atoms with E-state index in [4.69, 9.17) is 4.74 Å². The van der Waals surface area contributed by atoms with Crippen molar-refractivity contribution < 1.29 is 4.74 Å². The Hall–Kier alpha value is -1.52.